The zero-order chi connectivity index (χ0) is 20.6. The molecule has 2 aromatic rings. The predicted molar refractivity (Wildman–Crippen MR) is 112 cm³/mol. The van der Waals surface area contributed by atoms with Gasteiger partial charge in [-0.2, -0.15) is 0 Å². The molecule has 0 unspecified atom stereocenters. The maximum absolute atomic E-state index is 12.6. The highest BCUT2D eigenvalue weighted by Gasteiger charge is 2.29. The third kappa shape index (κ3) is 5.79. The molecule has 6 nitrogen and oxygen atoms in total. The molecular formula is C23H29N3O3. The number of hydrogen-bond acceptors (Lipinski definition) is 4. The Morgan fingerprint density at radius 2 is 2.03 bits per heavy atom. The fourth-order valence-corrected chi connectivity index (χ4v) is 3.63. The number of piperidine rings is 1. The van der Waals surface area contributed by atoms with E-state index in [1.165, 1.54) is 0 Å². The van der Waals surface area contributed by atoms with Crippen LogP contribution in [0.15, 0.2) is 42.6 Å². The Bertz CT molecular complexity index is 836. The summed E-state index contributed by atoms with van der Waals surface area (Å²) in [5.74, 6) is 0.834. The Morgan fingerprint density at radius 1 is 1.24 bits per heavy atom. The van der Waals surface area contributed by atoms with E-state index in [4.69, 9.17) is 4.74 Å². The maximum Gasteiger partial charge on any atom is 0.224 e. The number of rotatable bonds is 8. The number of methoxy groups -OCH3 is 1. The second-order valence-electron chi connectivity index (χ2n) is 7.48. The van der Waals surface area contributed by atoms with Crippen molar-refractivity contribution in [3.05, 3.63) is 59.4 Å². The fourth-order valence-electron chi connectivity index (χ4n) is 3.63. The third-order valence-electron chi connectivity index (χ3n) is 5.48. The first-order chi connectivity index (χ1) is 14.1. The topological polar surface area (TPSA) is 71.5 Å². The van der Waals surface area contributed by atoms with Gasteiger partial charge in [-0.1, -0.05) is 18.2 Å². The third-order valence-corrected chi connectivity index (χ3v) is 5.48. The van der Waals surface area contributed by atoms with Gasteiger partial charge in [-0.3, -0.25) is 14.6 Å². The minimum atomic E-state index is -0.145. The molecule has 1 atom stereocenters. The molecule has 2 heterocycles. The number of nitrogens with one attached hydrogen (secondary N) is 1. The van der Waals surface area contributed by atoms with Crippen molar-refractivity contribution in [3.63, 3.8) is 0 Å². The number of aryl methyl sites for hydroxylation is 1. The molecular weight excluding hydrogens is 366 g/mol. The molecule has 0 radical (unpaired) electrons. The minimum absolute atomic E-state index is 0.0283. The van der Waals surface area contributed by atoms with E-state index in [0.29, 0.717) is 38.9 Å². The van der Waals surface area contributed by atoms with E-state index >= 15 is 0 Å². The van der Waals surface area contributed by atoms with Crippen LogP contribution in [-0.4, -0.2) is 48.4 Å². The highest BCUT2D eigenvalue weighted by Crippen LogP contribution is 2.19. The van der Waals surface area contributed by atoms with Crippen LogP contribution in [0.5, 0.6) is 5.75 Å². The number of aromatic nitrogens is 1. The number of amides is 2. The van der Waals surface area contributed by atoms with E-state index in [0.717, 1.165) is 29.0 Å². The van der Waals surface area contributed by atoms with Crippen LogP contribution in [0.2, 0.25) is 0 Å². The Labute approximate surface area is 172 Å². The lowest BCUT2D eigenvalue weighted by atomic mass is 9.96. The second kappa shape index (κ2) is 10.0. The van der Waals surface area contributed by atoms with Crippen LogP contribution in [0.1, 0.15) is 29.7 Å². The van der Waals surface area contributed by atoms with Crippen LogP contribution in [0.4, 0.5) is 0 Å². The zero-order valence-electron chi connectivity index (χ0n) is 17.2. The van der Waals surface area contributed by atoms with Crippen molar-refractivity contribution >= 4 is 11.8 Å². The number of nitrogens with zero attached hydrogens (tertiary/aromatic N) is 2. The number of ether oxygens (including phenoxy) is 1. The van der Waals surface area contributed by atoms with E-state index < -0.39 is 0 Å². The first-order valence-corrected chi connectivity index (χ1v) is 10.2. The fraction of sp³-hybridized carbons (Fsp3) is 0.435. The molecule has 1 saturated heterocycles. The molecule has 3 rings (SSSR count). The minimum Gasteiger partial charge on any atom is -0.497 e. The summed E-state index contributed by atoms with van der Waals surface area (Å²) in [4.78, 5) is 31.1. The van der Waals surface area contributed by atoms with Crippen molar-refractivity contribution in [2.75, 3.05) is 26.7 Å². The van der Waals surface area contributed by atoms with E-state index in [1.54, 1.807) is 13.3 Å². The molecule has 1 aromatic heterocycles. The number of likely N-dealkylation sites (tertiary alicyclic amines) is 1. The number of hydrogen-bond donors (Lipinski definition) is 1. The molecule has 1 aromatic carbocycles. The second-order valence-corrected chi connectivity index (χ2v) is 7.48. The van der Waals surface area contributed by atoms with E-state index in [1.807, 2.05) is 48.2 Å². The maximum atomic E-state index is 12.6. The van der Waals surface area contributed by atoms with Crippen LogP contribution in [0, 0.1) is 12.8 Å². The number of carbonyl (C=O) groups excluding carboxylic acids is 2. The van der Waals surface area contributed by atoms with Crippen molar-refractivity contribution in [1.29, 1.82) is 0 Å². The number of pyridine rings is 1. The molecule has 0 aliphatic carbocycles. The van der Waals surface area contributed by atoms with E-state index in [-0.39, 0.29) is 17.7 Å². The van der Waals surface area contributed by atoms with Crippen molar-refractivity contribution in [2.45, 2.75) is 32.6 Å². The Kier molecular flexibility index (Phi) is 7.22. The molecule has 0 saturated carbocycles. The standard InChI is InChI=1S/C23H29N3O3/c1-17-4-3-13-24-21(17)11-14-25-23(28)19-7-10-22(27)26(16-19)15-12-18-5-8-20(29-2)9-6-18/h3-6,8-9,13,19H,7,10-12,14-16H2,1-2H3,(H,25,28)/t19-/m1/s1. The molecule has 29 heavy (non-hydrogen) atoms. The molecule has 154 valence electrons. The van der Waals surface area contributed by atoms with Crippen molar-refractivity contribution in [2.24, 2.45) is 5.92 Å². The first-order valence-electron chi connectivity index (χ1n) is 10.2. The molecule has 6 heteroatoms. The summed E-state index contributed by atoms with van der Waals surface area (Å²) in [6.45, 7) is 3.70. The Morgan fingerprint density at radius 3 is 2.76 bits per heavy atom. The van der Waals surface area contributed by atoms with Crippen LogP contribution in [0.25, 0.3) is 0 Å². The summed E-state index contributed by atoms with van der Waals surface area (Å²) in [7, 11) is 1.64. The van der Waals surface area contributed by atoms with Crippen LogP contribution >= 0.6 is 0 Å². The summed E-state index contributed by atoms with van der Waals surface area (Å²) < 4.78 is 5.18. The average Bonchev–Trinajstić information content (AvgIpc) is 2.74. The van der Waals surface area contributed by atoms with Gasteiger partial charge in [0, 0.05) is 44.4 Å². The van der Waals surface area contributed by atoms with Crippen molar-refractivity contribution < 1.29 is 14.3 Å². The first kappa shape index (κ1) is 20.8. The van der Waals surface area contributed by atoms with Crippen molar-refractivity contribution in [3.8, 4) is 5.75 Å². The van der Waals surface area contributed by atoms with Crippen LogP contribution in [-0.2, 0) is 22.4 Å². The molecule has 0 spiro atoms. The normalized spacial score (nSPS) is 16.6. The molecule has 2 amide bonds. The van der Waals surface area contributed by atoms with Gasteiger partial charge in [-0.15, -0.1) is 0 Å². The average molecular weight is 396 g/mol. The van der Waals surface area contributed by atoms with Crippen LogP contribution in [0.3, 0.4) is 0 Å². The summed E-state index contributed by atoms with van der Waals surface area (Å²) in [5, 5.41) is 3.02. The molecule has 1 N–H and O–H groups in total. The van der Waals surface area contributed by atoms with Gasteiger partial charge in [-0.05, 0) is 49.1 Å². The van der Waals surface area contributed by atoms with Crippen molar-refractivity contribution in [1.82, 2.24) is 15.2 Å². The summed E-state index contributed by atoms with van der Waals surface area (Å²) >= 11 is 0. The predicted octanol–water partition coefficient (Wildman–Crippen LogP) is 2.54. The van der Waals surface area contributed by atoms with Gasteiger partial charge in [0.1, 0.15) is 5.75 Å². The summed E-state index contributed by atoms with van der Waals surface area (Å²) in [5.41, 5.74) is 3.29. The van der Waals surface area contributed by atoms with E-state index in [2.05, 4.69) is 10.3 Å². The zero-order valence-corrected chi connectivity index (χ0v) is 17.2. The van der Waals surface area contributed by atoms with Gasteiger partial charge in [-0.25, -0.2) is 0 Å². The van der Waals surface area contributed by atoms with Gasteiger partial charge < -0.3 is 15.0 Å². The Balaban J connectivity index is 1.47. The molecule has 1 aliphatic rings. The molecule has 1 fully saturated rings. The lowest BCUT2D eigenvalue weighted by Gasteiger charge is -2.32. The lowest BCUT2D eigenvalue weighted by molar-refractivity contribution is -0.138. The summed E-state index contributed by atoms with van der Waals surface area (Å²) in [6, 6.07) is 11.8. The van der Waals surface area contributed by atoms with Gasteiger partial charge in [0.2, 0.25) is 11.8 Å². The number of carbonyl (C=O) groups is 2. The Hall–Kier alpha value is -2.89. The number of benzene rings is 1. The highest BCUT2D eigenvalue weighted by atomic mass is 16.5. The quantitative estimate of drug-likeness (QED) is 0.746. The summed E-state index contributed by atoms with van der Waals surface area (Å²) in [6.07, 6.45) is 4.30. The van der Waals surface area contributed by atoms with Gasteiger partial charge >= 0.3 is 0 Å². The van der Waals surface area contributed by atoms with Gasteiger partial charge in [0.25, 0.3) is 0 Å². The SMILES string of the molecule is COc1ccc(CCN2C[C@H](C(=O)NCCc3ncccc3C)CCC2=O)cc1. The molecule has 1 aliphatic heterocycles. The van der Waals surface area contributed by atoms with E-state index in [9.17, 15) is 9.59 Å². The smallest absolute Gasteiger partial charge is 0.224 e. The molecule has 0 bridgehead atoms. The highest BCUT2D eigenvalue weighted by molar-refractivity contribution is 5.83. The van der Waals surface area contributed by atoms with Gasteiger partial charge in [0.05, 0.1) is 13.0 Å². The van der Waals surface area contributed by atoms with Gasteiger partial charge in [0.15, 0.2) is 0 Å². The van der Waals surface area contributed by atoms with Crippen LogP contribution < -0.4 is 10.1 Å². The largest absolute Gasteiger partial charge is 0.497 e. The monoisotopic (exact) mass is 395 g/mol. The lowest BCUT2D eigenvalue weighted by Crippen LogP contribution is -2.46.